The first kappa shape index (κ1) is 15.0. The van der Waals surface area contributed by atoms with E-state index in [2.05, 4.69) is 22.8 Å². The molecule has 0 saturated carbocycles. The van der Waals surface area contributed by atoms with Crippen LogP contribution in [0.5, 0.6) is 0 Å². The average Bonchev–Trinajstić information content (AvgIpc) is 2.69. The Hall–Kier alpha value is -1.39. The van der Waals surface area contributed by atoms with Crippen LogP contribution in [0.25, 0.3) is 0 Å². The number of hydrogen-bond acceptors (Lipinski definition) is 3. The quantitative estimate of drug-likeness (QED) is 0.747. The third kappa shape index (κ3) is 5.31. The van der Waals surface area contributed by atoms with Crippen LogP contribution in [0.3, 0.4) is 0 Å². The van der Waals surface area contributed by atoms with E-state index in [0.717, 1.165) is 45.3 Å². The molecular weight excluding hydrogens is 252 g/mol. The van der Waals surface area contributed by atoms with Gasteiger partial charge in [0, 0.05) is 19.7 Å². The summed E-state index contributed by atoms with van der Waals surface area (Å²) in [7, 11) is 0. The molecule has 110 valence electrons. The molecule has 4 nitrogen and oxygen atoms in total. The Balaban J connectivity index is 1.54. The first-order valence-corrected chi connectivity index (χ1v) is 7.50. The van der Waals surface area contributed by atoms with Crippen molar-refractivity contribution in [3.63, 3.8) is 0 Å². The lowest BCUT2D eigenvalue weighted by atomic mass is 10.2. The third-order valence-electron chi connectivity index (χ3n) is 3.47. The van der Waals surface area contributed by atoms with Crippen molar-refractivity contribution in [1.29, 1.82) is 0 Å². The summed E-state index contributed by atoms with van der Waals surface area (Å²) in [4.78, 5) is 11.7. The van der Waals surface area contributed by atoms with Crippen molar-refractivity contribution in [3.05, 3.63) is 35.9 Å². The van der Waals surface area contributed by atoms with E-state index < -0.39 is 0 Å². The van der Waals surface area contributed by atoms with E-state index in [-0.39, 0.29) is 12.0 Å². The van der Waals surface area contributed by atoms with Gasteiger partial charge in [-0.2, -0.15) is 0 Å². The van der Waals surface area contributed by atoms with Gasteiger partial charge in [-0.3, -0.25) is 4.79 Å². The summed E-state index contributed by atoms with van der Waals surface area (Å²) in [5, 5.41) is 6.27. The van der Waals surface area contributed by atoms with E-state index in [0.29, 0.717) is 6.61 Å². The Kier molecular flexibility index (Phi) is 6.54. The number of rotatable bonds is 7. The van der Waals surface area contributed by atoms with Crippen LogP contribution in [0.4, 0.5) is 0 Å². The molecule has 1 saturated heterocycles. The van der Waals surface area contributed by atoms with Crippen LogP contribution in [-0.2, 0) is 16.1 Å². The largest absolute Gasteiger partial charge is 0.368 e. The van der Waals surface area contributed by atoms with Gasteiger partial charge >= 0.3 is 0 Å². The van der Waals surface area contributed by atoms with Gasteiger partial charge in [0.15, 0.2) is 0 Å². The average molecular weight is 276 g/mol. The molecule has 1 aromatic carbocycles. The predicted octanol–water partition coefficient (Wildman–Crippen LogP) is 1.85. The van der Waals surface area contributed by atoms with Gasteiger partial charge in [0.25, 0.3) is 0 Å². The molecule has 2 N–H and O–H groups in total. The maximum atomic E-state index is 11.7. The molecule has 1 atom stereocenters. The zero-order valence-electron chi connectivity index (χ0n) is 11.9. The van der Waals surface area contributed by atoms with E-state index in [9.17, 15) is 4.79 Å². The topological polar surface area (TPSA) is 50.4 Å². The van der Waals surface area contributed by atoms with Gasteiger partial charge in [-0.25, -0.2) is 0 Å². The maximum Gasteiger partial charge on any atom is 0.249 e. The lowest BCUT2D eigenvalue weighted by Gasteiger charge is -2.14. The molecule has 1 aromatic rings. The summed E-state index contributed by atoms with van der Waals surface area (Å²) in [6.45, 7) is 3.21. The number of ether oxygens (including phenoxy) is 1. The van der Waals surface area contributed by atoms with Gasteiger partial charge in [0.2, 0.25) is 5.91 Å². The molecular formula is C16H24N2O2. The Labute approximate surface area is 120 Å². The lowest BCUT2D eigenvalue weighted by Crippen LogP contribution is -2.35. The van der Waals surface area contributed by atoms with Gasteiger partial charge in [-0.15, -0.1) is 0 Å². The molecule has 0 bridgehead atoms. The van der Waals surface area contributed by atoms with Crippen LogP contribution in [0.15, 0.2) is 30.3 Å². The second-order valence-corrected chi connectivity index (χ2v) is 5.16. The van der Waals surface area contributed by atoms with Gasteiger partial charge in [-0.1, -0.05) is 30.3 Å². The monoisotopic (exact) mass is 276 g/mol. The molecule has 1 aliphatic heterocycles. The first-order valence-electron chi connectivity index (χ1n) is 7.50. The standard InChI is InChI=1S/C16H24N2O2/c19-16-15(9-4-5-11-18-16)20-12-6-10-17-13-14-7-2-1-3-8-14/h1-3,7-8,15,17H,4-6,9-13H2,(H,18,19). The minimum atomic E-state index is -0.244. The Morgan fingerprint density at radius 1 is 1.25 bits per heavy atom. The van der Waals surface area contributed by atoms with Crippen molar-refractivity contribution in [2.45, 2.75) is 38.3 Å². The van der Waals surface area contributed by atoms with E-state index in [1.165, 1.54) is 5.56 Å². The van der Waals surface area contributed by atoms with E-state index in [4.69, 9.17) is 4.74 Å². The van der Waals surface area contributed by atoms with Crippen molar-refractivity contribution < 1.29 is 9.53 Å². The van der Waals surface area contributed by atoms with Crippen molar-refractivity contribution in [1.82, 2.24) is 10.6 Å². The Morgan fingerprint density at radius 3 is 2.95 bits per heavy atom. The molecule has 0 aliphatic carbocycles. The fourth-order valence-corrected chi connectivity index (χ4v) is 2.32. The molecule has 1 unspecified atom stereocenters. The molecule has 0 radical (unpaired) electrons. The van der Waals surface area contributed by atoms with Gasteiger partial charge in [0.05, 0.1) is 0 Å². The minimum Gasteiger partial charge on any atom is -0.368 e. The van der Waals surface area contributed by atoms with Crippen LogP contribution in [0.1, 0.15) is 31.2 Å². The van der Waals surface area contributed by atoms with Gasteiger partial charge in [0.1, 0.15) is 6.10 Å². The summed E-state index contributed by atoms with van der Waals surface area (Å²) in [6.07, 6.45) is 3.66. The molecule has 20 heavy (non-hydrogen) atoms. The van der Waals surface area contributed by atoms with Gasteiger partial charge < -0.3 is 15.4 Å². The zero-order chi connectivity index (χ0) is 14.0. The highest BCUT2D eigenvalue weighted by molar-refractivity contribution is 5.80. The second-order valence-electron chi connectivity index (χ2n) is 5.16. The number of carbonyl (C=O) groups excluding carboxylic acids is 1. The summed E-state index contributed by atoms with van der Waals surface area (Å²) < 4.78 is 5.68. The molecule has 4 heteroatoms. The highest BCUT2D eigenvalue weighted by Gasteiger charge is 2.20. The summed E-state index contributed by atoms with van der Waals surface area (Å²) in [5.74, 6) is 0.0553. The van der Waals surface area contributed by atoms with Crippen molar-refractivity contribution in [2.75, 3.05) is 19.7 Å². The fourth-order valence-electron chi connectivity index (χ4n) is 2.32. The van der Waals surface area contributed by atoms with E-state index in [1.54, 1.807) is 0 Å². The molecule has 1 amide bonds. The molecule has 1 heterocycles. The summed E-state index contributed by atoms with van der Waals surface area (Å²) >= 11 is 0. The first-order chi connectivity index (χ1) is 9.86. The Bertz CT molecular complexity index is 395. The normalized spacial score (nSPS) is 19.4. The van der Waals surface area contributed by atoms with E-state index >= 15 is 0 Å². The van der Waals surface area contributed by atoms with Gasteiger partial charge in [-0.05, 0) is 37.8 Å². The predicted molar refractivity (Wildman–Crippen MR) is 79.4 cm³/mol. The smallest absolute Gasteiger partial charge is 0.249 e. The number of hydrogen-bond donors (Lipinski definition) is 2. The molecule has 0 aromatic heterocycles. The van der Waals surface area contributed by atoms with Crippen molar-refractivity contribution in [2.24, 2.45) is 0 Å². The molecule has 2 rings (SSSR count). The zero-order valence-corrected chi connectivity index (χ0v) is 11.9. The van der Waals surface area contributed by atoms with Crippen LogP contribution in [0.2, 0.25) is 0 Å². The van der Waals surface area contributed by atoms with Crippen molar-refractivity contribution in [3.8, 4) is 0 Å². The van der Waals surface area contributed by atoms with Crippen LogP contribution in [-0.4, -0.2) is 31.7 Å². The van der Waals surface area contributed by atoms with Crippen LogP contribution in [0, 0.1) is 0 Å². The highest BCUT2D eigenvalue weighted by Crippen LogP contribution is 2.09. The minimum absolute atomic E-state index is 0.0553. The van der Waals surface area contributed by atoms with Crippen LogP contribution < -0.4 is 10.6 Å². The lowest BCUT2D eigenvalue weighted by molar-refractivity contribution is -0.132. The van der Waals surface area contributed by atoms with Crippen molar-refractivity contribution >= 4 is 5.91 Å². The fraction of sp³-hybridized carbons (Fsp3) is 0.562. The van der Waals surface area contributed by atoms with Crippen LogP contribution >= 0.6 is 0 Å². The second kappa shape index (κ2) is 8.72. The summed E-state index contributed by atoms with van der Waals surface area (Å²) in [6, 6.07) is 10.3. The summed E-state index contributed by atoms with van der Waals surface area (Å²) in [5.41, 5.74) is 1.29. The molecule has 0 spiro atoms. The SMILES string of the molecule is O=C1NCCCCC1OCCCNCc1ccccc1. The number of carbonyl (C=O) groups is 1. The number of benzene rings is 1. The maximum absolute atomic E-state index is 11.7. The third-order valence-corrected chi connectivity index (χ3v) is 3.47. The number of amides is 1. The van der Waals surface area contributed by atoms with E-state index in [1.807, 2.05) is 18.2 Å². The Morgan fingerprint density at radius 2 is 2.10 bits per heavy atom. The molecule has 1 fully saturated rings. The number of nitrogens with one attached hydrogen (secondary N) is 2. The molecule has 1 aliphatic rings. The highest BCUT2D eigenvalue weighted by atomic mass is 16.5.